The van der Waals surface area contributed by atoms with Gasteiger partial charge < -0.3 is 4.74 Å². The van der Waals surface area contributed by atoms with Gasteiger partial charge in [0.15, 0.2) is 6.29 Å². The molecule has 1 saturated carbocycles. The Morgan fingerprint density at radius 3 is 2.28 bits per heavy atom. The van der Waals surface area contributed by atoms with E-state index in [0.29, 0.717) is 0 Å². The van der Waals surface area contributed by atoms with Crippen LogP contribution < -0.4 is 0 Å². The molecule has 100 valence electrons. The van der Waals surface area contributed by atoms with Crippen LogP contribution in [0.3, 0.4) is 0 Å². The van der Waals surface area contributed by atoms with Gasteiger partial charge in [0.05, 0.1) is 4.90 Å². The van der Waals surface area contributed by atoms with Crippen LogP contribution in [0.15, 0.2) is 29.2 Å². The molecule has 0 amide bonds. The number of hydrogen-bond donors (Lipinski definition) is 0. The molecule has 0 saturated heterocycles. The molecule has 1 aromatic rings. The van der Waals surface area contributed by atoms with Crippen molar-refractivity contribution < 1.29 is 17.3 Å². The van der Waals surface area contributed by atoms with Crippen LogP contribution in [-0.4, -0.2) is 21.8 Å². The van der Waals surface area contributed by atoms with Gasteiger partial charge in [-0.15, -0.1) is 0 Å². The maximum Gasteiger partial charge on any atom is 0.299 e. The first kappa shape index (κ1) is 13.5. The van der Waals surface area contributed by atoms with Crippen molar-refractivity contribution in [3.8, 4) is 0 Å². The first-order chi connectivity index (χ1) is 8.53. The Bertz CT molecular complexity index is 488. The first-order valence-electron chi connectivity index (χ1n) is 6.05. The van der Waals surface area contributed by atoms with Gasteiger partial charge in [-0.05, 0) is 31.9 Å². The molecule has 4 nitrogen and oxygen atoms in total. The van der Waals surface area contributed by atoms with Crippen LogP contribution in [0.5, 0.6) is 0 Å². The SMILES string of the molecule is CO[C@@H](OS(=O)(=O)c1ccc(C)cc1)C1CCC1. The minimum absolute atomic E-state index is 0.175. The van der Waals surface area contributed by atoms with Crippen molar-refractivity contribution in [3.63, 3.8) is 0 Å². The summed E-state index contributed by atoms with van der Waals surface area (Å²) < 4.78 is 34.4. The summed E-state index contributed by atoms with van der Waals surface area (Å²) in [5.41, 5.74) is 1.01. The summed E-state index contributed by atoms with van der Waals surface area (Å²) in [6.45, 7) is 1.91. The lowest BCUT2D eigenvalue weighted by molar-refractivity contribution is -0.109. The zero-order chi connectivity index (χ0) is 13.2. The molecule has 0 radical (unpaired) electrons. The van der Waals surface area contributed by atoms with Crippen LogP contribution in [0.1, 0.15) is 24.8 Å². The van der Waals surface area contributed by atoms with Crippen LogP contribution in [0.4, 0.5) is 0 Å². The van der Waals surface area contributed by atoms with Crippen molar-refractivity contribution in [1.29, 1.82) is 0 Å². The highest BCUT2D eigenvalue weighted by Crippen LogP contribution is 2.33. The van der Waals surface area contributed by atoms with Gasteiger partial charge in [-0.3, -0.25) is 0 Å². The molecule has 1 aromatic carbocycles. The molecule has 1 aliphatic rings. The van der Waals surface area contributed by atoms with Crippen molar-refractivity contribution in [3.05, 3.63) is 29.8 Å². The summed E-state index contributed by atoms with van der Waals surface area (Å²) in [5, 5.41) is 0. The summed E-state index contributed by atoms with van der Waals surface area (Å²) in [6, 6.07) is 6.61. The van der Waals surface area contributed by atoms with Gasteiger partial charge in [0.2, 0.25) is 0 Å². The number of benzene rings is 1. The lowest BCUT2D eigenvalue weighted by atomic mass is 9.85. The van der Waals surface area contributed by atoms with Crippen LogP contribution >= 0.6 is 0 Å². The molecular weight excluding hydrogens is 252 g/mol. The molecule has 2 rings (SSSR count). The highest BCUT2D eigenvalue weighted by atomic mass is 32.2. The molecule has 0 N–H and O–H groups in total. The van der Waals surface area contributed by atoms with Crippen LogP contribution in [0.25, 0.3) is 0 Å². The van der Waals surface area contributed by atoms with E-state index in [0.717, 1.165) is 24.8 Å². The van der Waals surface area contributed by atoms with Crippen LogP contribution in [-0.2, 0) is 19.0 Å². The number of rotatable bonds is 5. The smallest absolute Gasteiger partial charge is 0.299 e. The van der Waals surface area contributed by atoms with Crippen molar-refractivity contribution in [2.24, 2.45) is 5.92 Å². The lowest BCUT2D eigenvalue weighted by Crippen LogP contribution is -2.33. The Morgan fingerprint density at radius 1 is 1.22 bits per heavy atom. The Labute approximate surface area is 108 Å². The largest absolute Gasteiger partial charge is 0.354 e. The van der Waals surface area contributed by atoms with Gasteiger partial charge in [0.1, 0.15) is 0 Å². The van der Waals surface area contributed by atoms with Crippen molar-refractivity contribution in [1.82, 2.24) is 0 Å². The third-order valence-electron chi connectivity index (χ3n) is 3.30. The van der Waals surface area contributed by atoms with Crippen molar-refractivity contribution in [2.75, 3.05) is 7.11 Å². The predicted octanol–water partition coefficient (Wildman–Crippen LogP) is 2.47. The fourth-order valence-corrected chi connectivity index (χ4v) is 2.97. The second kappa shape index (κ2) is 5.38. The predicted molar refractivity (Wildman–Crippen MR) is 67.6 cm³/mol. The Morgan fingerprint density at radius 2 is 1.83 bits per heavy atom. The Hall–Kier alpha value is -0.910. The number of methoxy groups -OCH3 is 1. The summed E-state index contributed by atoms with van der Waals surface area (Å²) in [5.74, 6) is 0.190. The third-order valence-corrected chi connectivity index (χ3v) is 4.59. The molecule has 0 heterocycles. The minimum atomic E-state index is -3.73. The standard InChI is InChI=1S/C13H18O4S/c1-10-6-8-12(9-7-10)18(14,15)17-13(16-2)11-4-3-5-11/h6-9,11,13H,3-5H2,1-2H3/t13-/m0/s1. The zero-order valence-corrected chi connectivity index (χ0v) is 11.4. The molecular formula is C13H18O4S. The molecule has 0 aliphatic heterocycles. The van der Waals surface area contributed by atoms with Gasteiger partial charge in [-0.25, -0.2) is 4.18 Å². The number of hydrogen-bond acceptors (Lipinski definition) is 4. The molecule has 0 bridgehead atoms. The molecule has 1 atom stereocenters. The van der Waals surface area contributed by atoms with Crippen molar-refractivity contribution in [2.45, 2.75) is 37.4 Å². The highest BCUT2D eigenvalue weighted by molar-refractivity contribution is 7.86. The monoisotopic (exact) mass is 270 g/mol. The molecule has 0 spiro atoms. The quantitative estimate of drug-likeness (QED) is 0.609. The van der Waals surface area contributed by atoms with E-state index >= 15 is 0 Å². The van der Waals surface area contributed by atoms with Crippen molar-refractivity contribution >= 4 is 10.1 Å². The highest BCUT2D eigenvalue weighted by Gasteiger charge is 2.32. The summed E-state index contributed by atoms with van der Waals surface area (Å²) in [7, 11) is -2.25. The fraction of sp³-hybridized carbons (Fsp3) is 0.538. The summed E-state index contributed by atoms with van der Waals surface area (Å²) in [4.78, 5) is 0.175. The van der Waals surface area contributed by atoms with Crippen LogP contribution in [0, 0.1) is 12.8 Å². The van der Waals surface area contributed by atoms with E-state index in [9.17, 15) is 8.42 Å². The van der Waals surface area contributed by atoms with Gasteiger partial charge >= 0.3 is 0 Å². The third kappa shape index (κ3) is 2.91. The molecule has 5 heteroatoms. The van der Waals surface area contributed by atoms with Gasteiger partial charge in [0, 0.05) is 13.0 Å². The molecule has 1 aliphatic carbocycles. The van der Waals surface area contributed by atoms with E-state index in [1.54, 1.807) is 24.3 Å². The van der Waals surface area contributed by atoms with Gasteiger partial charge in [-0.1, -0.05) is 24.1 Å². The maximum atomic E-state index is 12.1. The Kier molecular flexibility index (Phi) is 4.04. The van der Waals surface area contributed by atoms with E-state index in [1.807, 2.05) is 6.92 Å². The maximum absolute atomic E-state index is 12.1. The topological polar surface area (TPSA) is 52.6 Å². The summed E-state index contributed by atoms with van der Waals surface area (Å²) >= 11 is 0. The number of aryl methyl sites for hydroxylation is 1. The van der Waals surface area contributed by atoms with E-state index in [2.05, 4.69) is 0 Å². The number of ether oxygens (including phenoxy) is 1. The molecule has 0 aromatic heterocycles. The van der Waals surface area contributed by atoms with E-state index in [-0.39, 0.29) is 10.8 Å². The second-order valence-corrected chi connectivity index (χ2v) is 6.23. The van der Waals surface area contributed by atoms with E-state index in [1.165, 1.54) is 7.11 Å². The molecule has 0 unspecified atom stereocenters. The molecule has 18 heavy (non-hydrogen) atoms. The molecule has 1 fully saturated rings. The van der Waals surface area contributed by atoms with E-state index in [4.69, 9.17) is 8.92 Å². The Balaban J connectivity index is 2.12. The van der Waals surface area contributed by atoms with Gasteiger partial charge in [-0.2, -0.15) is 8.42 Å². The van der Waals surface area contributed by atoms with Crippen LogP contribution in [0.2, 0.25) is 0 Å². The summed E-state index contributed by atoms with van der Waals surface area (Å²) in [6.07, 6.45) is 2.37. The zero-order valence-electron chi connectivity index (χ0n) is 10.6. The lowest BCUT2D eigenvalue weighted by Gasteiger charge is -2.31. The average Bonchev–Trinajstić information content (AvgIpc) is 2.26. The average molecular weight is 270 g/mol. The van der Waals surface area contributed by atoms with Gasteiger partial charge in [0.25, 0.3) is 10.1 Å². The van der Waals surface area contributed by atoms with E-state index < -0.39 is 16.4 Å². The fourth-order valence-electron chi connectivity index (χ4n) is 1.91. The second-order valence-electron chi connectivity index (χ2n) is 4.66. The normalized spacial score (nSPS) is 18.3. The minimum Gasteiger partial charge on any atom is -0.354 e. The first-order valence-corrected chi connectivity index (χ1v) is 7.46.